The van der Waals surface area contributed by atoms with Gasteiger partial charge in [-0.25, -0.2) is 0 Å². The van der Waals surface area contributed by atoms with Gasteiger partial charge in [0.1, 0.15) is 31.8 Å². The van der Waals surface area contributed by atoms with Crippen molar-refractivity contribution in [2.75, 3.05) is 13.2 Å². The zero-order chi connectivity index (χ0) is 57.7. The summed E-state index contributed by atoms with van der Waals surface area (Å²) in [6, 6.07) is 38.3. The molecule has 4 fully saturated rings. The van der Waals surface area contributed by atoms with Gasteiger partial charge in [-0.05, 0) is 126 Å². The summed E-state index contributed by atoms with van der Waals surface area (Å²) in [6.07, 6.45) is 8.24. The van der Waals surface area contributed by atoms with E-state index >= 15 is 19.2 Å². The summed E-state index contributed by atoms with van der Waals surface area (Å²) in [5.74, 6) is -2.13. The second kappa shape index (κ2) is 24.3. The van der Waals surface area contributed by atoms with E-state index in [1.54, 1.807) is 0 Å². The maximum Gasteiger partial charge on any atom is 0.315 e. The third-order valence-corrected chi connectivity index (χ3v) is 20.3. The smallest absolute Gasteiger partial charge is 0.315 e. The van der Waals surface area contributed by atoms with Crippen LogP contribution in [0, 0.1) is 44.3 Å². The van der Waals surface area contributed by atoms with E-state index in [1.807, 2.05) is 121 Å². The van der Waals surface area contributed by atoms with Gasteiger partial charge in [0.2, 0.25) is 0 Å². The van der Waals surface area contributed by atoms with Gasteiger partial charge in [0.15, 0.2) is 0 Å². The molecule has 11 nitrogen and oxygen atoms in total. The average Bonchev–Trinajstić information content (AvgIpc) is 1.77. The summed E-state index contributed by atoms with van der Waals surface area (Å²) in [5.41, 5.74) is -5.98. The lowest BCUT2D eigenvalue weighted by atomic mass is 9.28. The Kier molecular flexibility index (Phi) is 18.0. The second-order valence-corrected chi connectivity index (χ2v) is 26.5. The van der Waals surface area contributed by atoms with Crippen LogP contribution in [0.25, 0.3) is 0 Å². The molecule has 0 radical (unpaired) electrons. The zero-order valence-electron chi connectivity index (χ0n) is 49.9. The third kappa shape index (κ3) is 11.5. The van der Waals surface area contributed by atoms with Gasteiger partial charge in [0.05, 0.1) is 52.9 Å². The van der Waals surface area contributed by atoms with E-state index in [0.29, 0.717) is 44.6 Å². The molecule has 0 aromatic heterocycles. The fraction of sp³-hybridized carbons (Fsp3) is 0.571. The number of rotatable bonds is 25. The van der Waals surface area contributed by atoms with Crippen molar-refractivity contribution in [1.29, 1.82) is 0 Å². The van der Waals surface area contributed by atoms with Crippen molar-refractivity contribution >= 4 is 23.9 Å². The minimum Gasteiger partial charge on any atom is -0.460 e. The lowest BCUT2D eigenvalue weighted by Crippen LogP contribution is -2.77. The van der Waals surface area contributed by atoms with Crippen LogP contribution in [-0.4, -0.2) is 60.5 Å². The van der Waals surface area contributed by atoms with Crippen LogP contribution in [0.15, 0.2) is 133 Å². The summed E-state index contributed by atoms with van der Waals surface area (Å²) >= 11 is 0. The normalized spacial score (nSPS) is 29.0. The Hall–Kier alpha value is -5.62. The third-order valence-electron chi connectivity index (χ3n) is 20.3. The lowest BCUT2D eigenvalue weighted by Gasteiger charge is -2.71. The molecule has 1 heterocycles. The molecule has 3 saturated carbocycles. The number of fused-ring (bicyclic) bond motifs is 5. The fourth-order valence-corrected chi connectivity index (χ4v) is 16.0. The van der Waals surface area contributed by atoms with Crippen LogP contribution in [0.2, 0.25) is 0 Å². The van der Waals surface area contributed by atoms with Crippen LogP contribution in [0.4, 0.5) is 0 Å². The number of epoxide rings is 1. The van der Waals surface area contributed by atoms with Crippen LogP contribution in [-0.2, 0) is 78.8 Å². The van der Waals surface area contributed by atoms with Gasteiger partial charge in [-0.1, -0.05) is 180 Å². The molecule has 81 heavy (non-hydrogen) atoms. The van der Waals surface area contributed by atoms with Gasteiger partial charge in [-0.2, -0.15) is 0 Å². The number of ether oxygens (including phenoxy) is 7. The molecule has 0 amide bonds. The van der Waals surface area contributed by atoms with Crippen LogP contribution in [0.5, 0.6) is 0 Å². The lowest BCUT2D eigenvalue weighted by molar-refractivity contribution is -0.269. The minimum atomic E-state index is -1.97. The highest BCUT2D eigenvalue weighted by Crippen LogP contribution is 2.85. The Morgan fingerprint density at radius 3 is 1.54 bits per heavy atom. The Morgan fingerprint density at radius 1 is 0.580 bits per heavy atom. The SMILES string of the molecule is CC(C)CCC[C@@H](C)C1(C(=O)OCc2ccccc2)CCC2(C(=O)OCc3ccccc3)C3(C(=O)OCc4ccccc4)CC=C4C[C@@H](OC(C)(C)CCOC(C)(C)CC5CO5)CC[C@]4(C)C3(C(=O)OCc3ccccc3)CC[C@]12C. The van der Waals surface area contributed by atoms with Crippen molar-refractivity contribution < 1.29 is 52.3 Å². The highest BCUT2D eigenvalue weighted by Gasteiger charge is 2.90. The number of esters is 4. The first kappa shape index (κ1) is 60.0. The maximum atomic E-state index is 17.0. The first-order chi connectivity index (χ1) is 38.7. The van der Waals surface area contributed by atoms with Crippen molar-refractivity contribution in [3.63, 3.8) is 0 Å². The molecule has 5 aliphatic rings. The number of carbonyl (C=O) groups is 4. The molecule has 0 bridgehead atoms. The first-order valence-electron chi connectivity index (χ1n) is 30.2. The molecule has 1 aliphatic heterocycles. The predicted octanol–water partition coefficient (Wildman–Crippen LogP) is 14.6. The number of carbonyl (C=O) groups excluding carboxylic acids is 4. The molecule has 4 aromatic rings. The molecule has 9 atom stereocenters. The monoisotopic (exact) mass is 1110 g/mol. The molecule has 11 heteroatoms. The summed E-state index contributed by atoms with van der Waals surface area (Å²) in [4.78, 5) is 66.6. The predicted molar refractivity (Wildman–Crippen MR) is 312 cm³/mol. The standard InChI is InChI=1S/C70H90O11/c1-50(2)23-22-24-51(3)67(59(71)76-45-52-25-14-10-15-26-52)38-40-69(61(73)78-47-54-29-18-12-19-30-54)66(67,9)37-39-68(60(72)77-46-53-27-16-11-17-28-53)65(8)35-34-57(81-63(4,5)41-42-80-64(6,7)44-58-49-75-58)43-56(65)33-36-70(68,69)62(74)79-48-55-31-20-13-21-32-55/h10-21,25-33,50-51,57-58H,22-24,34-49H2,1-9H3/t51-,57+,58?,65+,66-,67?,68?,69?,70?/m1/s1. The number of hydrogen-bond acceptors (Lipinski definition) is 11. The van der Waals surface area contributed by atoms with E-state index in [-0.39, 0.29) is 82.3 Å². The van der Waals surface area contributed by atoms with Crippen molar-refractivity contribution in [3.05, 3.63) is 155 Å². The van der Waals surface area contributed by atoms with Gasteiger partial charge in [-0.3, -0.25) is 19.2 Å². The van der Waals surface area contributed by atoms with E-state index in [9.17, 15) is 0 Å². The van der Waals surface area contributed by atoms with Gasteiger partial charge in [0, 0.05) is 17.3 Å². The van der Waals surface area contributed by atoms with Gasteiger partial charge < -0.3 is 33.2 Å². The highest BCUT2D eigenvalue weighted by molar-refractivity contribution is 5.99. The molecule has 0 spiro atoms. The molecule has 4 aliphatic carbocycles. The maximum absolute atomic E-state index is 17.0. The fourth-order valence-electron chi connectivity index (χ4n) is 16.0. The topological polar surface area (TPSA) is 136 Å². The second-order valence-electron chi connectivity index (χ2n) is 26.5. The van der Waals surface area contributed by atoms with Crippen molar-refractivity contribution in [3.8, 4) is 0 Å². The van der Waals surface area contributed by atoms with Crippen LogP contribution < -0.4 is 0 Å². The quantitative estimate of drug-likeness (QED) is 0.0271. The number of hydrogen-bond donors (Lipinski definition) is 0. The first-order valence-corrected chi connectivity index (χ1v) is 30.2. The Labute approximate surface area is 482 Å². The summed E-state index contributed by atoms with van der Waals surface area (Å²) < 4.78 is 46.0. The molecule has 0 N–H and O–H groups in total. The van der Waals surface area contributed by atoms with E-state index in [0.717, 1.165) is 53.7 Å². The molecule has 436 valence electrons. The average molecular weight is 1110 g/mol. The molecular weight excluding hydrogens is 1020 g/mol. The molecule has 5 unspecified atom stereocenters. The van der Waals surface area contributed by atoms with Crippen molar-refractivity contribution in [2.24, 2.45) is 44.3 Å². The van der Waals surface area contributed by atoms with Crippen LogP contribution in [0.1, 0.15) is 168 Å². The Bertz CT molecular complexity index is 2830. The van der Waals surface area contributed by atoms with Crippen LogP contribution >= 0.6 is 0 Å². The Morgan fingerprint density at radius 2 is 1.05 bits per heavy atom. The summed E-state index contributed by atoms with van der Waals surface area (Å²) in [5, 5.41) is 0. The number of benzene rings is 4. The molecule has 4 aromatic carbocycles. The van der Waals surface area contributed by atoms with E-state index in [2.05, 4.69) is 68.4 Å². The summed E-state index contributed by atoms with van der Waals surface area (Å²) in [7, 11) is 0. The van der Waals surface area contributed by atoms with E-state index in [4.69, 9.17) is 33.2 Å². The molecule has 9 rings (SSSR count). The minimum absolute atomic E-state index is 0.0345. The zero-order valence-corrected chi connectivity index (χ0v) is 49.9. The van der Waals surface area contributed by atoms with E-state index < -0.39 is 62.0 Å². The van der Waals surface area contributed by atoms with Gasteiger partial charge in [-0.15, -0.1) is 0 Å². The molecular formula is C70H90O11. The van der Waals surface area contributed by atoms with Gasteiger partial charge in [0.25, 0.3) is 0 Å². The highest BCUT2D eigenvalue weighted by atomic mass is 16.6. The van der Waals surface area contributed by atoms with Crippen molar-refractivity contribution in [2.45, 2.75) is 196 Å². The summed E-state index contributed by atoms with van der Waals surface area (Å²) in [6.45, 7) is 20.2. The van der Waals surface area contributed by atoms with Gasteiger partial charge >= 0.3 is 23.9 Å². The Balaban J connectivity index is 1.22. The molecule has 1 saturated heterocycles. The van der Waals surface area contributed by atoms with E-state index in [1.165, 1.54) is 0 Å². The largest absolute Gasteiger partial charge is 0.460 e. The van der Waals surface area contributed by atoms with Crippen LogP contribution in [0.3, 0.4) is 0 Å². The number of allylic oxidation sites excluding steroid dienone is 1. The van der Waals surface area contributed by atoms with Crippen molar-refractivity contribution in [1.82, 2.24) is 0 Å².